The predicted molar refractivity (Wildman–Crippen MR) is 130 cm³/mol. The minimum atomic E-state index is -0.582. The number of aromatic nitrogens is 2. The molecule has 2 aromatic heterocycles. The summed E-state index contributed by atoms with van der Waals surface area (Å²) in [6, 6.07) is 10.4. The number of amides is 3. The van der Waals surface area contributed by atoms with Crippen LogP contribution in [0.1, 0.15) is 32.0 Å². The predicted octanol–water partition coefficient (Wildman–Crippen LogP) is 2.24. The number of hydrogen-bond donors (Lipinski definition) is 3. The van der Waals surface area contributed by atoms with E-state index in [1.54, 1.807) is 17.2 Å². The largest absolute Gasteiger partial charge is 0.398 e. The lowest BCUT2D eigenvalue weighted by Gasteiger charge is -2.35. The van der Waals surface area contributed by atoms with E-state index in [2.05, 4.69) is 20.2 Å². The van der Waals surface area contributed by atoms with Gasteiger partial charge in [0.2, 0.25) is 0 Å². The van der Waals surface area contributed by atoms with Crippen molar-refractivity contribution in [1.82, 2.24) is 14.9 Å². The van der Waals surface area contributed by atoms with E-state index in [1.165, 1.54) is 11.3 Å². The summed E-state index contributed by atoms with van der Waals surface area (Å²) in [6.45, 7) is 3.35. The molecule has 1 fully saturated rings. The second-order valence-electron chi connectivity index (χ2n) is 8.10. The summed E-state index contributed by atoms with van der Waals surface area (Å²) >= 11 is 1.21. The number of carbonyl (C=O) groups is 2. The Hall–Kier alpha value is -3.70. The smallest absolute Gasteiger partial charge is 0.322 e. The number of nitrogens with two attached hydrogens (primary N) is 2. The first-order valence-corrected chi connectivity index (χ1v) is 11.8. The number of urea groups is 1. The molecule has 3 aromatic rings. The van der Waals surface area contributed by atoms with Crippen LogP contribution < -0.4 is 21.7 Å². The summed E-state index contributed by atoms with van der Waals surface area (Å²) < 4.78 is 5.39. The molecule has 1 unspecified atom stereocenters. The van der Waals surface area contributed by atoms with E-state index < -0.39 is 11.9 Å². The van der Waals surface area contributed by atoms with Crippen LogP contribution in [0.15, 0.2) is 42.6 Å². The maximum atomic E-state index is 13.4. The summed E-state index contributed by atoms with van der Waals surface area (Å²) in [5.41, 5.74) is 14.5. The number of ether oxygens (including phenoxy) is 1. The Kier molecular flexibility index (Phi) is 6.03. The lowest BCUT2D eigenvalue weighted by atomic mass is 9.96. The molecule has 5 N–H and O–H groups in total. The van der Waals surface area contributed by atoms with Crippen LogP contribution in [-0.2, 0) is 11.2 Å². The molecule has 3 amide bonds. The molecule has 5 rings (SSSR count). The normalized spacial score (nSPS) is 17.8. The maximum absolute atomic E-state index is 13.4. The van der Waals surface area contributed by atoms with E-state index in [0.717, 1.165) is 35.0 Å². The van der Waals surface area contributed by atoms with Gasteiger partial charge < -0.3 is 31.3 Å². The lowest BCUT2D eigenvalue weighted by Crippen LogP contribution is -2.42. The molecule has 0 radical (unpaired) electrons. The number of fused-ring (bicyclic) bond motifs is 1. The zero-order valence-electron chi connectivity index (χ0n) is 18.4. The highest BCUT2D eigenvalue weighted by Gasteiger charge is 2.36. The highest BCUT2D eigenvalue weighted by Crippen LogP contribution is 2.40. The molecular formula is C23H25N7O3S. The number of nitrogens with one attached hydrogen (secondary N) is 1. The fourth-order valence-electron chi connectivity index (χ4n) is 4.28. The van der Waals surface area contributed by atoms with Crippen LogP contribution in [0, 0.1) is 0 Å². The molecule has 0 spiro atoms. The van der Waals surface area contributed by atoms with Crippen molar-refractivity contribution in [2.24, 2.45) is 5.73 Å². The number of morpholine rings is 1. The molecule has 176 valence electrons. The van der Waals surface area contributed by atoms with Crippen molar-refractivity contribution < 1.29 is 14.3 Å². The van der Waals surface area contributed by atoms with Gasteiger partial charge in [-0.25, -0.2) is 14.8 Å². The second kappa shape index (κ2) is 9.27. The molecule has 0 bridgehead atoms. The monoisotopic (exact) mass is 479 g/mol. The number of carbonyl (C=O) groups excluding carboxylic acids is 2. The quantitative estimate of drug-likeness (QED) is 0.488. The molecule has 2 aliphatic heterocycles. The van der Waals surface area contributed by atoms with Gasteiger partial charge >= 0.3 is 6.03 Å². The zero-order chi connectivity index (χ0) is 23.7. The average Bonchev–Trinajstić information content (AvgIpc) is 3.30. The van der Waals surface area contributed by atoms with Crippen molar-refractivity contribution in [3.8, 4) is 0 Å². The number of nitrogens with zero attached hydrogens (tertiary/aromatic N) is 4. The van der Waals surface area contributed by atoms with Gasteiger partial charge in [0.25, 0.3) is 5.91 Å². The third-order valence-corrected chi connectivity index (χ3v) is 7.14. The lowest BCUT2D eigenvalue weighted by molar-refractivity contribution is 0.0999. The van der Waals surface area contributed by atoms with Crippen LogP contribution in [-0.4, -0.2) is 59.7 Å². The number of para-hydroxylation sites is 1. The zero-order valence-corrected chi connectivity index (χ0v) is 19.3. The van der Waals surface area contributed by atoms with E-state index in [1.807, 2.05) is 30.3 Å². The van der Waals surface area contributed by atoms with Gasteiger partial charge in [-0.1, -0.05) is 18.2 Å². The van der Waals surface area contributed by atoms with Crippen molar-refractivity contribution in [2.45, 2.75) is 12.5 Å². The minimum Gasteiger partial charge on any atom is -0.398 e. The number of benzene rings is 1. The van der Waals surface area contributed by atoms with Gasteiger partial charge in [0.1, 0.15) is 5.82 Å². The minimum absolute atomic E-state index is 0.231. The first kappa shape index (κ1) is 22.1. The van der Waals surface area contributed by atoms with Crippen molar-refractivity contribution in [2.75, 3.05) is 48.8 Å². The average molecular weight is 480 g/mol. The highest BCUT2D eigenvalue weighted by atomic mass is 32.1. The van der Waals surface area contributed by atoms with Crippen LogP contribution in [0.3, 0.4) is 0 Å². The third-order valence-electron chi connectivity index (χ3n) is 5.97. The Morgan fingerprint density at radius 3 is 2.62 bits per heavy atom. The second-order valence-corrected chi connectivity index (χ2v) is 9.13. The Morgan fingerprint density at radius 1 is 1.12 bits per heavy atom. The summed E-state index contributed by atoms with van der Waals surface area (Å²) in [4.78, 5) is 38.8. The number of nitrogen functional groups attached to an aromatic ring is 1. The summed E-state index contributed by atoms with van der Waals surface area (Å²) in [7, 11) is 0. The van der Waals surface area contributed by atoms with Crippen LogP contribution in [0.5, 0.6) is 0 Å². The van der Waals surface area contributed by atoms with Gasteiger partial charge in [0.05, 0.1) is 41.7 Å². The molecule has 1 saturated heterocycles. The van der Waals surface area contributed by atoms with E-state index in [-0.39, 0.29) is 11.0 Å². The van der Waals surface area contributed by atoms with Crippen LogP contribution >= 0.6 is 11.3 Å². The maximum Gasteiger partial charge on any atom is 0.322 e. The van der Waals surface area contributed by atoms with Crippen molar-refractivity contribution in [1.29, 1.82) is 0 Å². The van der Waals surface area contributed by atoms with Gasteiger partial charge in [-0.05, 0) is 18.2 Å². The van der Waals surface area contributed by atoms with Gasteiger partial charge in [-0.2, -0.15) is 0 Å². The van der Waals surface area contributed by atoms with Gasteiger partial charge in [0, 0.05) is 37.3 Å². The third kappa shape index (κ3) is 4.27. The van der Waals surface area contributed by atoms with E-state index in [0.29, 0.717) is 37.6 Å². The number of primary amides is 1. The molecule has 11 heteroatoms. The SMILES string of the molecule is NC(=O)c1nc2c(s1)C(c1ccccc1N)N(C(=O)Nc1ccc(N3CCOCC3)nc1)CC2. The van der Waals surface area contributed by atoms with Gasteiger partial charge in [-0.3, -0.25) is 4.79 Å². The van der Waals surface area contributed by atoms with Crippen molar-refractivity contribution in [3.63, 3.8) is 0 Å². The van der Waals surface area contributed by atoms with Crippen LogP contribution in [0.4, 0.5) is 22.0 Å². The van der Waals surface area contributed by atoms with Gasteiger partial charge in [0.15, 0.2) is 5.01 Å². The molecule has 4 heterocycles. The standard InChI is InChI=1S/C23H25N7O3S/c24-16-4-2-1-3-15(16)19-20-17(28-22(34-20)21(25)31)7-8-30(19)23(32)27-14-5-6-18(26-13-14)29-9-11-33-12-10-29/h1-6,13,19H,7-12,24H2,(H2,25,31)(H,27,32). The Labute approximate surface area is 200 Å². The molecule has 34 heavy (non-hydrogen) atoms. The van der Waals surface area contributed by atoms with E-state index in [4.69, 9.17) is 16.2 Å². The molecule has 1 aromatic carbocycles. The first-order chi connectivity index (χ1) is 16.5. The summed E-state index contributed by atoms with van der Waals surface area (Å²) in [5.74, 6) is 0.268. The molecular weight excluding hydrogens is 454 g/mol. The first-order valence-electron chi connectivity index (χ1n) is 11.0. The van der Waals surface area contributed by atoms with Crippen molar-refractivity contribution >= 4 is 40.5 Å². The Balaban J connectivity index is 1.41. The molecule has 0 aliphatic carbocycles. The van der Waals surface area contributed by atoms with Crippen LogP contribution in [0.25, 0.3) is 0 Å². The Bertz CT molecular complexity index is 1210. The van der Waals surface area contributed by atoms with E-state index >= 15 is 0 Å². The summed E-state index contributed by atoms with van der Waals surface area (Å²) in [6.07, 6.45) is 2.17. The van der Waals surface area contributed by atoms with Crippen molar-refractivity contribution in [3.05, 3.63) is 63.7 Å². The van der Waals surface area contributed by atoms with E-state index in [9.17, 15) is 9.59 Å². The number of anilines is 3. The number of rotatable bonds is 4. The topological polar surface area (TPSA) is 140 Å². The number of thiazole rings is 1. The van der Waals surface area contributed by atoms with Gasteiger partial charge in [-0.15, -0.1) is 11.3 Å². The summed E-state index contributed by atoms with van der Waals surface area (Å²) in [5, 5.41) is 3.19. The number of pyridine rings is 1. The molecule has 1 atom stereocenters. The van der Waals surface area contributed by atoms with Crippen LogP contribution in [0.2, 0.25) is 0 Å². The fraction of sp³-hybridized carbons (Fsp3) is 0.304. The highest BCUT2D eigenvalue weighted by molar-refractivity contribution is 7.13. The molecule has 2 aliphatic rings. The molecule has 0 saturated carbocycles. The number of hydrogen-bond acceptors (Lipinski definition) is 8. The fourth-order valence-corrected chi connectivity index (χ4v) is 5.38. The molecule has 10 nitrogen and oxygen atoms in total. The Morgan fingerprint density at radius 2 is 1.91 bits per heavy atom.